The van der Waals surface area contributed by atoms with Gasteiger partial charge in [0.15, 0.2) is 0 Å². The molecule has 7 heteroatoms. The van der Waals surface area contributed by atoms with E-state index in [1.165, 1.54) is 11.3 Å². The fourth-order valence-corrected chi connectivity index (χ4v) is 3.90. The molecule has 21 heavy (non-hydrogen) atoms. The normalized spacial score (nSPS) is 15.7. The largest absolute Gasteiger partial charge is 0.480 e. The maximum atomic E-state index is 12.3. The highest BCUT2D eigenvalue weighted by Crippen LogP contribution is 2.34. The van der Waals surface area contributed by atoms with Crippen molar-refractivity contribution in [3.8, 4) is 9.88 Å². The van der Waals surface area contributed by atoms with Crippen LogP contribution < -0.4 is 5.32 Å². The number of nitrogens with zero attached hydrogens (tertiary/aromatic N) is 1. The Kier molecular flexibility index (Phi) is 3.77. The quantitative estimate of drug-likeness (QED) is 0.887. The molecule has 0 radical (unpaired) electrons. The smallest absolute Gasteiger partial charge is 0.326 e. The Bertz CT molecular complexity index is 674. The number of hydrogen-bond acceptors (Lipinski definition) is 5. The number of carboxylic acid groups (broad SMARTS) is 1. The van der Waals surface area contributed by atoms with E-state index in [0.29, 0.717) is 10.6 Å². The summed E-state index contributed by atoms with van der Waals surface area (Å²) in [6, 6.07) is 3.10. The van der Waals surface area contributed by atoms with Crippen LogP contribution in [0.2, 0.25) is 0 Å². The molecule has 0 bridgehead atoms. The summed E-state index contributed by atoms with van der Waals surface area (Å²) in [5, 5.41) is 14.6. The van der Waals surface area contributed by atoms with Crippen molar-refractivity contribution in [2.24, 2.45) is 5.92 Å². The molecular weight excluding hydrogens is 308 g/mol. The average molecular weight is 322 g/mol. The molecule has 5 nitrogen and oxygen atoms in total. The van der Waals surface area contributed by atoms with Gasteiger partial charge in [0.2, 0.25) is 0 Å². The summed E-state index contributed by atoms with van der Waals surface area (Å²) >= 11 is 2.87. The highest BCUT2D eigenvalue weighted by Gasteiger charge is 2.37. The van der Waals surface area contributed by atoms with Crippen LogP contribution in [0.5, 0.6) is 0 Å². The second-order valence-electron chi connectivity index (χ2n) is 5.04. The summed E-state index contributed by atoms with van der Waals surface area (Å²) in [6.07, 6.45) is 1.72. The first-order valence-corrected chi connectivity index (χ1v) is 8.31. The van der Waals surface area contributed by atoms with Gasteiger partial charge in [-0.25, -0.2) is 9.78 Å². The van der Waals surface area contributed by atoms with Gasteiger partial charge in [-0.1, -0.05) is 6.07 Å². The van der Waals surface area contributed by atoms with Gasteiger partial charge in [-0.2, -0.15) is 0 Å². The number of nitrogens with one attached hydrogen (secondary N) is 1. The summed E-state index contributed by atoms with van der Waals surface area (Å²) in [5.74, 6) is -1.24. The first-order valence-electron chi connectivity index (χ1n) is 6.61. The van der Waals surface area contributed by atoms with Crippen LogP contribution in [0.1, 0.15) is 28.2 Å². The number of aryl methyl sites for hydroxylation is 1. The molecular formula is C14H14N2O3S2. The van der Waals surface area contributed by atoms with Crippen LogP contribution in [0.4, 0.5) is 0 Å². The lowest BCUT2D eigenvalue weighted by Gasteiger charge is -2.12. The number of hydrogen-bond donors (Lipinski definition) is 2. The van der Waals surface area contributed by atoms with Gasteiger partial charge in [-0.15, -0.1) is 22.7 Å². The van der Waals surface area contributed by atoms with E-state index in [0.717, 1.165) is 22.7 Å². The van der Waals surface area contributed by atoms with Crippen molar-refractivity contribution in [3.05, 3.63) is 28.1 Å². The molecule has 2 N–H and O–H groups in total. The molecule has 1 atom stereocenters. The average Bonchev–Trinajstić information content (AvgIpc) is 2.97. The first-order chi connectivity index (χ1) is 10.1. The number of carbonyl (C=O) groups excluding carboxylic acids is 1. The number of carboxylic acids is 1. The molecule has 2 aromatic heterocycles. The summed E-state index contributed by atoms with van der Waals surface area (Å²) in [5.41, 5.74) is 0.640. The predicted molar refractivity (Wildman–Crippen MR) is 81.8 cm³/mol. The molecule has 1 fully saturated rings. The molecule has 1 unspecified atom stereocenters. The van der Waals surface area contributed by atoms with Crippen molar-refractivity contribution in [1.82, 2.24) is 10.3 Å². The van der Waals surface area contributed by atoms with E-state index in [4.69, 9.17) is 0 Å². The third kappa shape index (κ3) is 2.98. The number of amides is 1. The van der Waals surface area contributed by atoms with E-state index in [9.17, 15) is 14.7 Å². The second kappa shape index (κ2) is 5.57. The van der Waals surface area contributed by atoms with Crippen molar-refractivity contribution in [2.45, 2.75) is 25.8 Å². The van der Waals surface area contributed by atoms with Crippen LogP contribution in [-0.2, 0) is 4.79 Å². The SMILES string of the molecule is Cc1nc(-c2cccs2)sc1C(=O)NC(C(=O)O)C1CC1. The number of carbonyl (C=O) groups is 2. The third-order valence-corrected chi connectivity index (χ3v) is 5.58. The lowest BCUT2D eigenvalue weighted by Crippen LogP contribution is -2.42. The Morgan fingerprint density at radius 1 is 1.48 bits per heavy atom. The van der Waals surface area contributed by atoms with Crippen LogP contribution in [0, 0.1) is 12.8 Å². The van der Waals surface area contributed by atoms with Gasteiger partial charge < -0.3 is 10.4 Å². The summed E-state index contributed by atoms with van der Waals surface area (Å²) < 4.78 is 0. The molecule has 0 saturated heterocycles. The fraction of sp³-hybridized carbons (Fsp3) is 0.357. The number of thiophene rings is 1. The van der Waals surface area contributed by atoms with E-state index in [1.807, 2.05) is 17.5 Å². The molecule has 1 aliphatic carbocycles. The van der Waals surface area contributed by atoms with E-state index in [2.05, 4.69) is 10.3 Å². The van der Waals surface area contributed by atoms with Crippen LogP contribution in [0.25, 0.3) is 9.88 Å². The summed E-state index contributed by atoms with van der Waals surface area (Å²) in [4.78, 5) is 29.4. The Morgan fingerprint density at radius 2 is 2.24 bits per heavy atom. The van der Waals surface area contributed by atoms with Crippen molar-refractivity contribution >= 4 is 34.6 Å². The molecule has 0 aliphatic heterocycles. The minimum Gasteiger partial charge on any atom is -0.480 e. The number of aliphatic carboxylic acids is 1. The van der Waals surface area contributed by atoms with Crippen LogP contribution in [0.15, 0.2) is 17.5 Å². The van der Waals surface area contributed by atoms with Crippen LogP contribution >= 0.6 is 22.7 Å². The van der Waals surface area contributed by atoms with E-state index in [-0.39, 0.29) is 11.8 Å². The molecule has 110 valence electrons. The highest BCUT2D eigenvalue weighted by molar-refractivity contribution is 7.22. The lowest BCUT2D eigenvalue weighted by molar-refractivity contribution is -0.139. The van der Waals surface area contributed by atoms with E-state index in [1.54, 1.807) is 18.3 Å². The zero-order valence-corrected chi connectivity index (χ0v) is 13.0. The maximum absolute atomic E-state index is 12.3. The van der Waals surface area contributed by atoms with E-state index >= 15 is 0 Å². The van der Waals surface area contributed by atoms with Crippen molar-refractivity contribution in [3.63, 3.8) is 0 Å². The topological polar surface area (TPSA) is 79.3 Å². The fourth-order valence-electron chi connectivity index (χ4n) is 2.13. The summed E-state index contributed by atoms with van der Waals surface area (Å²) in [6.45, 7) is 1.77. The molecule has 2 aromatic rings. The second-order valence-corrected chi connectivity index (χ2v) is 6.98. The molecule has 1 saturated carbocycles. The molecule has 0 spiro atoms. The van der Waals surface area contributed by atoms with Gasteiger partial charge in [-0.3, -0.25) is 4.79 Å². The molecule has 2 heterocycles. The lowest BCUT2D eigenvalue weighted by atomic mass is 10.2. The maximum Gasteiger partial charge on any atom is 0.326 e. The monoisotopic (exact) mass is 322 g/mol. The van der Waals surface area contributed by atoms with Gasteiger partial charge in [0.05, 0.1) is 10.6 Å². The standard InChI is InChI=1S/C14H14N2O3S2/c1-7-11(21-13(15-7)9-3-2-6-20-9)12(17)16-10(14(18)19)8-4-5-8/h2-3,6,8,10H,4-5H2,1H3,(H,16,17)(H,18,19). The highest BCUT2D eigenvalue weighted by atomic mass is 32.1. The van der Waals surface area contributed by atoms with Gasteiger partial charge in [0, 0.05) is 0 Å². The molecule has 1 aliphatic rings. The van der Waals surface area contributed by atoms with Crippen molar-refractivity contribution in [2.75, 3.05) is 0 Å². The predicted octanol–water partition coefficient (Wildman–Crippen LogP) is 2.77. The number of aromatic nitrogens is 1. The molecule has 3 rings (SSSR count). The Labute approximate surface area is 129 Å². The minimum atomic E-state index is -0.966. The van der Waals surface area contributed by atoms with Gasteiger partial charge in [-0.05, 0) is 37.1 Å². The number of rotatable bonds is 5. The molecule has 1 amide bonds. The first kappa shape index (κ1) is 14.2. The number of thiazole rings is 1. The van der Waals surface area contributed by atoms with Crippen molar-refractivity contribution in [1.29, 1.82) is 0 Å². The Balaban J connectivity index is 1.80. The van der Waals surface area contributed by atoms with Gasteiger partial charge in [0.1, 0.15) is 15.9 Å². The van der Waals surface area contributed by atoms with Crippen molar-refractivity contribution < 1.29 is 14.7 Å². The third-order valence-electron chi connectivity index (χ3n) is 3.38. The zero-order valence-electron chi connectivity index (χ0n) is 11.3. The van der Waals surface area contributed by atoms with Crippen LogP contribution in [-0.4, -0.2) is 28.0 Å². The van der Waals surface area contributed by atoms with Gasteiger partial charge in [0.25, 0.3) is 5.91 Å². The zero-order chi connectivity index (χ0) is 15.0. The summed E-state index contributed by atoms with van der Waals surface area (Å²) in [7, 11) is 0. The van der Waals surface area contributed by atoms with Gasteiger partial charge >= 0.3 is 5.97 Å². The Hall–Kier alpha value is -1.73. The minimum absolute atomic E-state index is 0.0662. The van der Waals surface area contributed by atoms with Crippen LogP contribution in [0.3, 0.4) is 0 Å². The van der Waals surface area contributed by atoms with E-state index < -0.39 is 12.0 Å². The molecule has 0 aromatic carbocycles. The Morgan fingerprint density at radius 3 is 2.81 bits per heavy atom.